The molecule has 0 aromatic carbocycles. The first-order valence-electron chi connectivity index (χ1n) is 3.24. The highest BCUT2D eigenvalue weighted by molar-refractivity contribution is 14.2. The fourth-order valence-corrected chi connectivity index (χ4v) is 2.38. The Hall–Kier alpha value is 0.0400. The molecule has 0 bridgehead atoms. The standard InChI is InChI=1S/C8H12IN/c1-10(2)7-8-3-5-9-6-4-8/h3-6H,7H2,1-2H3. The molecule has 0 aliphatic carbocycles. The second-order valence-electron chi connectivity index (χ2n) is 2.52. The molecule has 10 heavy (non-hydrogen) atoms. The van der Waals surface area contributed by atoms with Gasteiger partial charge in [-0.05, 0) is 27.8 Å². The molecule has 1 rings (SSSR count). The van der Waals surface area contributed by atoms with E-state index in [4.69, 9.17) is 0 Å². The lowest BCUT2D eigenvalue weighted by Gasteiger charge is -2.10. The van der Waals surface area contributed by atoms with E-state index in [1.165, 1.54) is 5.57 Å². The van der Waals surface area contributed by atoms with Crippen LogP contribution in [0.1, 0.15) is 0 Å². The van der Waals surface area contributed by atoms with Crippen molar-refractivity contribution in [3.8, 4) is 0 Å². The number of hydrogen-bond donors (Lipinski definition) is 0. The third-order valence-corrected chi connectivity index (χ3v) is 2.75. The highest BCUT2D eigenvalue weighted by atomic mass is 127. The smallest absolute Gasteiger partial charge is 0.0227 e. The third-order valence-electron chi connectivity index (χ3n) is 1.20. The van der Waals surface area contributed by atoms with Gasteiger partial charge in [0.1, 0.15) is 0 Å². The molecule has 0 amide bonds. The van der Waals surface area contributed by atoms with Gasteiger partial charge in [-0.2, -0.15) is 0 Å². The summed E-state index contributed by atoms with van der Waals surface area (Å²) in [5.74, 6) is 0. The van der Waals surface area contributed by atoms with Crippen molar-refractivity contribution in [3.05, 3.63) is 21.8 Å². The van der Waals surface area contributed by atoms with E-state index in [1.807, 2.05) is 0 Å². The summed E-state index contributed by atoms with van der Waals surface area (Å²) in [6, 6.07) is 0. The van der Waals surface area contributed by atoms with Gasteiger partial charge < -0.3 is 4.90 Å². The molecular weight excluding hydrogens is 237 g/mol. The van der Waals surface area contributed by atoms with Crippen LogP contribution in [0.5, 0.6) is 0 Å². The molecule has 1 aliphatic heterocycles. The van der Waals surface area contributed by atoms with Gasteiger partial charge in [0.25, 0.3) is 0 Å². The van der Waals surface area contributed by atoms with Crippen molar-refractivity contribution in [1.29, 1.82) is 0 Å². The number of rotatable bonds is 2. The van der Waals surface area contributed by atoms with Crippen LogP contribution >= 0.6 is 20.7 Å². The maximum Gasteiger partial charge on any atom is 0.0227 e. The normalized spacial score (nSPS) is 16.9. The van der Waals surface area contributed by atoms with Crippen LogP contribution in [-0.2, 0) is 0 Å². The minimum absolute atomic E-state index is 0.261. The van der Waals surface area contributed by atoms with Gasteiger partial charge in [-0.1, -0.05) is 32.9 Å². The summed E-state index contributed by atoms with van der Waals surface area (Å²) in [6.07, 6.45) is 4.49. The van der Waals surface area contributed by atoms with Gasteiger partial charge in [0.15, 0.2) is 0 Å². The van der Waals surface area contributed by atoms with Crippen LogP contribution in [0.2, 0.25) is 0 Å². The molecule has 1 heterocycles. The highest BCUT2D eigenvalue weighted by Gasteiger charge is 1.94. The first-order valence-corrected chi connectivity index (χ1v) is 5.74. The molecular formula is C8H12IN. The van der Waals surface area contributed by atoms with Crippen LogP contribution in [0.4, 0.5) is 0 Å². The zero-order valence-electron chi connectivity index (χ0n) is 6.34. The first kappa shape index (κ1) is 8.14. The largest absolute Gasteiger partial charge is 0.305 e. The average molecular weight is 249 g/mol. The number of halogens is 1. The van der Waals surface area contributed by atoms with E-state index >= 15 is 0 Å². The fourth-order valence-electron chi connectivity index (χ4n) is 0.803. The van der Waals surface area contributed by atoms with E-state index in [2.05, 4.69) is 39.2 Å². The summed E-state index contributed by atoms with van der Waals surface area (Å²) in [6.45, 7) is 1.07. The Bertz CT molecular complexity index is 189. The molecule has 0 saturated heterocycles. The molecule has 1 aliphatic rings. The van der Waals surface area contributed by atoms with E-state index < -0.39 is 0 Å². The number of likely N-dealkylation sites (N-methyl/N-ethyl adjacent to an activating group) is 1. The van der Waals surface area contributed by atoms with Gasteiger partial charge in [-0.3, -0.25) is 0 Å². The summed E-state index contributed by atoms with van der Waals surface area (Å²) in [5.41, 5.74) is 1.43. The number of allylic oxidation sites excluding steroid dienone is 1. The van der Waals surface area contributed by atoms with E-state index in [-0.39, 0.29) is 20.7 Å². The molecule has 0 saturated carbocycles. The molecule has 1 nitrogen and oxygen atoms in total. The van der Waals surface area contributed by atoms with Gasteiger partial charge >= 0.3 is 0 Å². The van der Waals surface area contributed by atoms with Crippen molar-refractivity contribution in [2.24, 2.45) is 0 Å². The minimum atomic E-state index is 0.261. The van der Waals surface area contributed by atoms with Gasteiger partial charge in [0.05, 0.1) is 0 Å². The molecule has 56 valence electrons. The monoisotopic (exact) mass is 249 g/mol. The van der Waals surface area contributed by atoms with E-state index in [1.54, 1.807) is 0 Å². The van der Waals surface area contributed by atoms with Crippen LogP contribution < -0.4 is 0 Å². The maximum absolute atomic E-state index is 2.30. The highest BCUT2D eigenvalue weighted by Crippen LogP contribution is 2.09. The van der Waals surface area contributed by atoms with Crippen molar-refractivity contribution >= 4 is 24.7 Å². The Kier molecular flexibility index (Phi) is 3.28. The molecule has 0 aromatic rings. The zero-order chi connectivity index (χ0) is 7.40. The Morgan fingerprint density at radius 3 is 2.80 bits per heavy atom. The molecule has 0 N–H and O–H groups in total. The predicted octanol–water partition coefficient (Wildman–Crippen LogP) is 1.77. The fraction of sp³-hybridized carbons (Fsp3) is 0.375. The molecule has 0 fully saturated rings. The van der Waals surface area contributed by atoms with Gasteiger partial charge in [0, 0.05) is 6.54 Å². The number of hydrogen-bond acceptors (Lipinski definition) is 1. The first-order chi connectivity index (χ1) is 4.79. The minimum Gasteiger partial charge on any atom is -0.305 e. The third kappa shape index (κ3) is 2.75. The summed E-state index contributed by atoms with van der Waals surface area (Å²) < 4.78 is 4.61. The maximum atomic E-state index is 2.30. The van der Waals surface area contributed by atoms with Gasteiger partial charge in [-0.25, -0.2) is 0 Å². The molecule has 0 atom stereocenters. The summed E-state index contributed by atoms with van der Waals surface area (Å²) in [4.78, 5) is 2.19. The Balaban J connectivity index is 2.50. The van der Waals surface area contributed by atoms with Crippen molar-refractivity contribution < 1.29 is 0 Å². The van der Waals surface area contributed by atoms with Gasteiger partial charge in [-0.15, -0.1) is 0 Å². The van der Waals surface area contributed by atoms with Crippen LogP contribution in [0.3, 0.4) is 0 Å². The molecule has 0 aromatic heterocycles. The quantitative estimate of drug-likeness (QED) is 0.674. The van der Waals surface area contributed by atoms with Crippen LogP contribution in [-0.4, -0.2) is 29.6 Å². The van der Waals surface area contributed by atoms with Crippen molar-refractivity contribution in [2.75, 3.05) is 20.6 Å². The van der Waals surface area contributed by atoms with E-state index in [9.17, 15) is 0 Å². The Morgan fingerprint density at radius 1 is 1.50 bits per heavy atom. The lowest BCUT2D eigenvalue weighted by atomic mass is 10.2. The lowest BCUT2D eigenvalue weighted by Crippen LogP contribution is -2.14. The second kappa shape index (κ2) is 4.03. The van der Waals surface area contributed by atoms with Crippen LogP contribution in [0, 0.1) is 0 Å². The molecule has 0 unspecified atom stereocenters. The Morgan fingerprint density at radius 2 is 2.30 bits per heavy atom. The zero-order valence-corrected chi connectivity index (χ0v) is 8.50. The SMILES string of the molecule is CN(C)CC1=CC=IC=C1. The van der Waals surface area contributed by atoms with Crippen molar-refractivity contribution in [2.45, 2.75) is 0 Å². The second-order valence-corrected chi connectivity index (χ2v) is 4.68. The lowest BCUT2D eigenvalue weighted by molar-refractivity contribution is 0.449. The van der Waals surface area contributed by atoms with Crippen molar-refractivity contribution in [3.63, 3.8) is 0 Å². The Labute approximate surface area is 72.2 Å². The predicted molar refractivity (Wildman–Crippen MR) is 55.9 cm³/mol. The van der Waals surface area contributed by atoms with E-state index in [0.29, 0.717) is 0 Å². The topological polar surface area (TPSA) is 3.24 Å². The summed E-state index contributed by atoms with van der Waals surface area (Å²) in [5, 5.41) is 0. The van der Waals surface area contributed by atoms with Crippen LogP contribution in [0.25, 0.3) is 0 Å². The summed E-state index contributed by atoms with van der Waals surface area (Å²) >= 11 is 0.261. The summed E-state index contributed by atoms with van der Waals surface area (Å²) in [7, 11) is 4.19. The van der Waals surface area contributed by atoms with E-state index in [0.717, 1.165) is 6.54 Å². The molecule has 2 heteroatoms. The number of nitrogens with zero attached hydrogens (tertiary/aromatic N) is 1. The molecule has 0 spiro atoms. The van der Waals surface area contributed by atoms with Crippen molar-refractivity contribution in [1.82, 2.24) is 4.90 Å². The van der Waals surface area contributed by atoms with Gasteiger partial charge in [0.2, 0.25) is 0 Å². The molecule has 0 radical (unpaired) electrons. The average Bonchev–Trinajstić information content (AvgIpc) is 1.88. The van der Waals surface area contributed by atoms with Crippen LogP contribution in [0.15, 0.2) is 21.8 Å².